The van der Waals surface area contributed by atoms with E-state index in [1.807, 2.05) is 75.4 Å². The van der Waals surface area contributed by atoms with Crippen LogP contribution in [0.1, 0.15) is 44.4 Å². The van der Waals surface area contributed by atoms with Gasteiger partial charge in [0, 0.05) is 43.0 Å². The molecule has 0 bridgehead atoms. The highest BCUT2D eigenvalue weighted by Gasteiger charge is 2.57. The molecule has 2 atom stereocenters. The largest absolute Gasteiger partial charge is 0.380 e. The van der Waals surface area contributed by atoms with E-state index in [1.165, 1.54) is 6.92 Å². The number of nitrogens with zero attached hydrogens (tertiary/aromatic N) is 2. The van der Waals surface area contributed by atoms with Crippen LogP contribution in [0.15, 0.2) is 67.0 Å². The Morgan fingerprint density at radius 2 is 1.88 bits per heavy atom. The van der Waals surface area contributed by atoms with Crippen LogP contribution in [0.3, 0.4) is 0 Å². The Balaban J connectivity index is 1.89. The van der Waals surface area contributed by atoms with Gasteiger partial charge in [-0.25, -0.2) is 0 Å². The summed E-state index contributed by atoms with van der Waals surface area (Å²) in [7, 11) is 0. The summed E-state index contributed by atoms with van der Waals surface area (Å²) in [6.45, 7) is 7.95. The first-order valence-electron chi connectivity index (χ1n) is 11.0. The smallest absolute Gasteiger partial charge is 0.224 e. The molecule has 0 saturated carbocycles. The molecule has 2 aromatic carbocycles. The molecule has 1 aliphatic rings. The molecule has 1 radical (unpaired) electrons. The van der Waals surface area contributed by atoms with Gasteiger partial charge < -0.3 is 16.0 Å². The zero-order chi connectivity index (χ0) is 23.8. The molecule has 0 fully saturated rings. The van der Waals surface area contributed by atoms with Crippen LogP contribution in [0.5, 0.6) is 0 Å². The van der Waals surface area contributed by atoms with Crippen molar-refractivity contribution in [1.82, 2.24) is 4.98 Å². The number of primary amides is 1. The third-order valence-electron chi connectivity index (χ3n) is 6.77. The zero-order valence-electron chi connectivity index (χ0n) is 19.4. The van der Waals surface area contributed by atoms with E-state index in [9.17, 15) is 9.59 Å². The summed E-state index contributed by atoms with van der Waals surface area (Å²) in [5.41, 5.74) is 8.78. The second-order valence-corrected chi connectivity index (χ2v) is 9.27. The summed E-state index contributed by atoms with van der Waals surface area (Å²) >= 11 is 0. The number of nitrogens with one attached hydrogen (secondary N) is 1. The maximum atomic E-state index is 12.9. The quantitative estimate of drug-likeness (QED) is 0.625. The topological polar surface area (TPSA) is 88.3 Å². The predicted octanol–water partition coefficient (Wildman–Crippen LogP) is 4.05. The molecule has 169 valence electrons. The number of pyridine rings is 1. The molecule has 0 saturated heterocycles. The van der Waals surface area contributed by atoms with Gasteiger partial charge in [0.15, 0.2) is 0 Å². The third-order valence-corrected chi connectivity index (χ3v) is 6.77. The van der Waals surface area contributed by atoms with Gasteiger partial charge in [0.1, 0.15) is 0 Å². The number of fused-ring (bicyclic) bond motifs is 1. The van der Waals surface area contributed by atoms with Gasteiger partial charge in [-0.05, 0) is 48.7 Å². The lowest BCUT2D eigenvalue weighted by atomic mass is 9.57. The molecular formula is C27H29N4O2. The standard InChI is InChI=1S/C27H29N4O2/c1-18(32)31-23-15-21(30-17-19-9-8-14-29-16-19)12-13-22(23)27(4,20-10-6-5-7-11-20)24(25(28)33)26(31,2)3/h5-11,13-16,24,30H,17H2,1-4H3,(H2,28,33). The number of carbonyl (C=O) groups is 2. The van der Waals surface area contributed by atoms with Crippen LogP contribution < -0.4 is 16.0 Å². The van der Waals surface area contributed by atoms with Crippen LogP contribution in [0.4, 0.5) is 11.4 Å². The molecule has 1 aromatic heterocycles. The molecule has 2 amide bonds. The lowest BCUT2D eigenvalue weighted by molar-refractivity contribution is -0.127. The number of hydrogen-bond acceptors (Lipinski definition) is 4. The Bertz CT molecular complexity index is 1180. The maximum Gasteiger partial charge on any atom is 0.224 e. The molecule has 1 aliphatic heterocycles. The van der Waals surface area contributed by atoms with Crippen LogP contribution in [0.25, 0.3) is 0 Å². The summed E-state index contributed by atoms with van der Waals surface area (Å²) in [6.07, 6.45) is 3.54. The van der Waals surface area contributed by atoms with E-state index >= 15 is 0 Å². The van der Waals surface area contributed by atoms with E-state index in [0.29, 0.717) is 6.54 Å². The fourth-order valence-electron chi connectivity index (χ4n) is 5.50. The van der Waals surface area contributed by atoms with Crippen molar-refractivity contribution in [2.24, 2.45) is 11.7 Å². The van der Waals surface area contributed by atoms with Crippen LogP contribution in [-0.4, -0.2) is 22.3 Å². The Morgan fingerprint density at radius 1 is 1.15 bits per heavy atom. The lowest BCUT2D eigenvalue weighted by Gasteiger charge is -2.55. The predicted molar refractivity (Wildman–Crippen MR) is 130 cm³/mol. The van der Waals surface area contributed by atoms with Crippen molar-refractivity contribution in [3.63, 3.8) is 0 Å². The summed E-state index contributed by atoms with van der Waals surface area (Å²) in [5.74, 6) is -1.24. The minimum absolute atomic E-state index is 0.146. The summed E-state index contributed by atoms with van der Waals surface area (Å²) in [5, 5.41) is 3.37. The SMILES string of the molecule is CC(=O)N1c2cc(NCc3cccnc3)[c]cc2C(C)(c2ccccc2)C(C(N)=O)C1(C)C. The highest BCUT2D eigenvalue weighted by Crippen LogP contribution is 2.54. The molecule has 0 aliphatic carbocycles. The van der Waals surface area contributed by atoms with Gasteiger partial charge in [0.05, 0.1) is 17.1 Å². The molecule has 2 heterocycles. The third kappa shape index (κ3) is 3.75. The first-order chi connectivity index (χ1) is 15.7. The fourth-order valence-corrected chi connectivity index (χ4v) is 5.50. The van der Waals surface area contributed by atoms with Crippen LogP contribution in [0.2, 0.25) is 0 Å². The highest BCUT2D eigenvalue weighted by molar-refractivity contribution is 5.98. The van der Waals surface area contributed by atoms with Crippen molar-refractivity contribution in [2.45, 2.75) is 45.2 Å². The summed E-state index contributed by atoms with van der Waals surface area (Å²) < 4.78 is 0. The zero-order valence-corrected chi connectivity index (χ0v) is 19.4. The number of hydrogen-bond donors (Lipinski definition) is 2. The van der Waals surface area contributed by atoms with E-state index in [1.54, 1.807) is 17.3 Å². The Labute approximate surface area is 194 Å². The first kappa shape index (κ1) is 22.5. The molecular weight excluding hydrogens is 412 g/mol. The summed E-state index contributed by atoms with van der Waals surface area (Å²) in [6, 6.07) is 20.9. The Kier molecular flexibility index (Phi) is 5.70. The lowest BCUT2D eigenvalue weighted by Crippen LogP contribution is -2.65. The number of anilines is 2. The minimum atomic E-state index is -0.850. The van der Waals surface area contributed by atoms with Crippen molar-refractivity contribution in [3.8, 4) is 0 Å². The van der Waals surface area contributed by atoms with Gasteiger partial charge >= 0.3 is 0 Å². The van der Waals surface area contributed by atoms with Gasteiger partial charge in [-0.15, -0.1) is 0 Å². The maximum absolute atomic E-state index is 12.9. The molecule has 6 nitrogen and oxygen atoms in total. The molecule has 33 heavy (non-hydrogen) atoms. The minimum Gasteiger partial charge on any atom is -0.380 e. The highest BCUT2D eigenvalue weighted by atomic mass is 16.2. The second kappa shape index (κ2) is 8.35. The van der Waals surface area contributed by atoms with Crippen LogP contribution >= 0.6 is 0 Å². The summed E-state index contributed by atoms with van der Waals surface area (Å²) in [4.78, 5) is 31.7. The second-order valence-electron chi connectivity index (χ2n) is 9.27. The average Bonchev–Trinajstić information content (AvgIpc) is 2.77. The van der Waals surface area contributed by atoms with Gasteiger partial charge in [-0.3, -0.25) is 14.6 Å². The Hall–Kier alpha value is -3.67. The normalized spacial score (nSPS) is 21.2. The van der Waals surface area contributed by atoms with Crippen molar-refractivity contribution in [3.05, 3.63) is 89.7 Å². The monoisotopic (exact) mass is 441 g/mol. The number of rotatable bonds is 5. The molecule has 6 heteroatoms. The number of benzene rings is 2. The van der Waals surface area contributed by atoms with Gasteiger partial charge in [-0.1, -0.05) is 43.3 Å². The molecule has 2 unspecified atom stereocenters. The van der Waals surface area contributed by atoms with Crippen molar-refractivity contribution in [2.75, 3.05) is 10.2 Å². The van der Waals surface area contributed by atoms with Crippen molar-refractivity contribution < 1.29 is 9.59 Å². The van der Waals surface area contributed by atoms with Crippen LogP contribution in [0, 0.1) is 12.0 Å². The van der Waals surface area contributed by atoms with Gasteiger partial charge in [0.25, 0.3) is 0 Å². The van der Waals surface area contributed by atoms with Gasteiger partial charge in [-0.2, -0.15) is 0 Å². The van der Waals surface area contributed by atoms with Crippen molar-refractivity contribution in [1.29, 1.82) is 0 Å². The Morgan fingerprint density at radius 3 is 2.48 bits per heavy atom. The van der Waals surface area contributed by atoms with E-state index in [4.69, 9.17) is 5.73 Å². The van der Waals surface area contributed by atoms with E-state index in [-0.39, 0.29) is 5.91 Å². The van der Waals surface area contributed by atoms with Crippen LogP contribution in [-0.2, 0) is 21.5 Å². The van der Waals surface area contributed by atoms with E-state index in [0.717, 1.165) is 28.1 Å². The number of amides is 2. The number of nitrogens with two attached hydrogens (primary N) is 1. The molecule has 3 aromatic rings. The van der Waals surface area contributed by atoms with E-state index < -0.39 is 22.8 Å². The number of aromatic nitrogens is 1. The first-order valence-corrected chi connectivity index (χ1v) is 11.0. The van der Waals surface area contributed by atoms with Gasteiger partial charge in [0.2, 0.25) is 11.8 Å². The fraction of sp³-hybridized carbons (Fsp3) is 0.296. The van der Waals surface area contributed by atoms with E-state index in [2.05, 4.69) is 16.4 Å². The average molecular weight is 442 g/mol. The molecule has 3 N–H and O–H groups in total. The number of carbonyl (C=O) groups excluding carboxylic acids is 2. The van der Waals surface area contributed by atoms with Crippen molar-refractivity contribution >= 4 is 23.2 Å². The molecule has 0 spiro atoms. The molecule has 4 rings (SSSR count).